The highest BCUT2D eigenvalue weighted by molar-refractivity contribution is 9.10. The Balaban J connectivity index is 2.04. The lowest BCUT2D eigenvalue weighted by atomic mass is 9.98. The summed E-state index contributed by atoms with van der Waals surface area (Å²) in [6.45, 7) is 0.0119. The lowest BCUT2D eigenvalue weighted by molar-refractivity contribution is -0.122. The summed E-state index contributed by atoms with van der Waals surface area (Å²) >= 11 is 3.45. The third kappa shape index (κ3) is 3.52. The number of hydrogen-bond acceptors (Lipinski definition) is 3. The summed E-state index contributed by atoms with van der Waals surface area (Å²) in [5.74, 6) is 0.670. The molecular formula is C15H20BrNO3. The first-order valence-electron chi connectivity index (χ1n) is 6.83. The van der Waals surface area contributed by atoms with Gasteiger partial charge in [0.1, 0.15) is 5.75 Å². The molecule has 0 saturated heterocycles. The second kappa shape index (κ2) is 6.59. The van der Waals surface area contributed by atoms with Crippen LogP contribution in [0.25, 0.3) is 0 Å². The molecule has 1 aromatic rings. The summed E-state index contributed by atoms with van der Waals surface area (Å²) in [5.41, 5.74) is 0.468. The predicted molar refractivity (Wildman–Crippen MR) is 80.8 cm³/mol. The van der Waals surface area contributed by atoms with Gasteiger partial charge >= 0.3 is 0 Å². The van der Waals surface area contributed by atoms with Crippen LogP contribution in [0, 0.1) is 0 Å². The van der Waals surface area contributed by atoms with Crippen molar-refractivity contribution < 1.29 is 14.6 Å². The fraction of sp³-hybridized carbons (Fsp3) is 0.533. The van der Waals surface area contributed by atoms with E-state index in [1.807, 2.05) is 18.2 Å². The summed E-state index contributed by atoms with van der Waals surface area (Å²) in [4.78, 5) is 12.2. The van der Waals surface area contributed by atoms with Gasteiger partial charge in [-0.05, 0) is 36.6 Å². The third-order valence-corrected chi connectivity index (χ3v) is 4.65. The van der Waals surface area contributed by atoms with E-state index in [4.69, 9.17) is 4.74 Å². The molecule has 0 heterocycles. The minimum atomic E-state index is -0.414. The lowest BCUT2D eigenvalue weighted by Gasteiger charge is -2.28. The van der Waals surface area contributed by atoms with Crippen molar-refractivity contribution in [2.45, 2.75) is 37.6 Å². The zero-order valence-electron chi connectivity index (χ0n) is 11.6. The monoisotopic (exact) mass is 341 g/mol. The molecule has 2 rings (SSSR count). The third-order valence-electron chi connectivity index (χ3n) is 3.87. The molecule has 1 saturated carbocycles. The SMILES string of the molecule is COc1ccc(Br)c(CC(=O)NC2(CO)CCCC2)c1. The second-order valence-electron chi connectivity index (χ2n) is 5.33. The molecule has 4 nitrogen and oxygen atoms in total. The number of carbonyl (C=O) groups is 1. The number of methoxy groups -OCH3 is 1. The van der Waals surface area contributed by atoms with E-state index in [1.54, 1.807) is 7.11 Å². The summed E-state index contributed by atoms with van der Waals surface area (Å²) < 4.78 is 6.06. The van der Waals surface area contributed by atoms with Crippen molar-refractivity contribution in [3.05, 3.63) is 28.2 Å². The average molecular weight is 342 g/mol. The number of ether oxygens (including phenoxy) is 1. The number of amides is 1. The molecule has 1 aliphatic carbocycles. The van der Waals surface area contributed by atoms with Gasteiger partial charge in [-0.1, -0.05) is 28.8 Å². The highest BCUT2D eigenvalue weighted by atomic mass is 79.9. The summed E-state index contributed by atoms with van der Waals surface area (Å²) in [6, 6.07) is 5.57. The fourth-order valence-corrected chi connectivity index (χ4v) is 3.09. The predicted octanol–water partition coefficient (Wildman–Crippen LogP) is 2.42. The second-order valence-corrected chi connectivity index (χ2v) is 6.18. The van der Waals surface area contributed by atoms with Crippen LogP contribution >= 0.6 is 15.9 Å². The number of hydrogen-bond donors (Lipinski definition) is 2. The average Bonchev–Trinajstić information content (AvgIpc) is 2.90. The smallest absolute Gasteiger partial charge is 0.224 e. The van der Waals surface area contributed by atoms with Gasteiger partial charge in [0, 0.05) is 4.47 Å². The number of halogens is 1. The maximum atomic E-state index is 12.2. The van der Waals surface area contributed by atoms with E-state index >= 15 is 0 Å². The standard InChI is InChI=1S/C15H20BrNO3/c1-20-12-4-5-13(16)11(8-12)9-14(19)17-15(10-18)6-2-3-7-15/h4-5,8,18H,2-3,6-7,9-10H2,1H3,(H,17,19). The molecule has 0 aliphatic heterocycles. The van der Waals surface area contributed by atoms with Gasteiger partial charge in [-0.25, -0.2) is 0 Å². The lowest BCUT2D eigenvalue weighted by Crippen LogP contribution is -2.49. The van der Waals surface area contributed by atoms with Crippen molar-refractivity contribution in [1.82, 2.24) is 5.32 Å². The number of nitrogens with one attached hydrogen (secondary N) is 1. The van der Waals surface area contributed by atoms with E-state index in [-0.39, 0.29) is 18.9 Å². The minimum absolute atomic E-state index is 0.0119. The van der Waals surface area contributed by atoms with Crippen molar-refractivity contribution in [3.8, 4) is 5.75 Å². The van der Waals surface area contributed by atoms with E-state index in [0.29, 0.717) is 0 Å². The van der Waals surface area contributed by atoms with Gasteiger partial charge in [0.15, 0.2) is 0 Å². The zero-order chi connectivity index (χ0) is 14.6. The van der Waals surface area contributed by atoms with Gasteiger partial charge in [-0.2, -0.15) is 0 Å². The highest BCUT2D eigenvalue weighted by Crippen LogP contribution is 2.29. The maximum absolute atomic E-state index is 12.2. The van der Waals surface area contributed by atoms with Crippen LogP contribution in [0.2, 0.25) is 0 Å². The summed E-state index contributed by atoms with van der Waals surface area (Å²) in [6.07, 6.45) is 4.11. The Bertz CT molecular complexity index is 484. The van der Waals surface area contributed by atoms with Crippen LogP contribution in [0.5, 0.6) is 5.75 Å². The van der Waals surface area contributed by atoms with Crippen LogP contribution in [0.3, 0.4) is 0 Å². The van der Waals surface area contributed by atoms with E-state index in [1.165, 1.54) is 0 Å². The van der Waals surface area contributed by atoms with Gasteiger partial charge < -0.3 is 15.2 Å². The van der Waals surface area contributed by atoms with Crippen LogP contribution in [0.4, 0.5) is 0 Å². The van der Waals surface area contributed by atoms with Gasteiger partial charge in [0.2, 0.25) is 5.91 Å². The van der Waals surface area contributed by atoms with E-state index in [9.17, 15) is 9.90 Å². The van der Waals surface area contributed by atoms with Crippen molar-refractivity contribution >= 4 is 21.8 Å². The first-order valence-corrected chi connectivity index (χ1v) is 7.62. The van der Waals surface area contributed by atoms with E-state index in [0.717, 1.165) is 41.5 Å². The number of carbonyl (C=O) groups excluding carboxylic acids is 1. The van der Waals surface area contributed by atoms with Crippen molar-refractivity contribution in [2.75, 3.05) is 13.7 Å². The molecule has 0 spiro atoms. The molecular weight excluding hydrogens is 322 g/mol. The molecule has 0 radical (unpaired) electrons. The number of aliphatic hydroxyl groups excluding tert-OH is 1. The van der Waals surface area contributed by atoms with Crippen LogP contribution in [0.1, 0.15) is 31.2 Å². The van der Waals surface area contributed by atoms with Gasteiger partial charge in [-0.3, -0.25) is 4.79 Å². The van der Waals surface area contributed by atoms with Crippen LogP contribution in [0.15, 0.2) is 22.7 Å². The molecule has 110 valence electrons. The van der Waals surface area contributed by atoms with Gasteiger partial charge in [0.05, 0.1) is 25.7 Å². The Morgan fingerprint density at radius 3 is 2.75 bits per heavy atom. The summed E-state index contributed by atoms with van der Waals surface area (Å²) in [5, 5.41) is 12.5. The Morgan fingerprint density at radius 1 is 1.45 bits per heavy atom. The molecule has 1 fully saturated rings. The molecule has 1 aliphatic rings. The molecule has 0 bridgehead atoms. The normalized spacial score (nSPS) is 16.9. The van der Waals surface area contributed by atoms with Gasteiger partial charge in [0.25, 0.3) is 0 Å². The molecule has 5 heteroatoms. The van der Waals surface area contributed by atoms with Crippen LogP contribution < -0.4 is 10.1 Å². The topological polar surface area (TPSA) is 58.6 Å². The first kappa shape index (κ1) is 15.3. The van der Waals surface area contributed by atoms with Crippen LogP contribution in [-0.2, 0) is 11.2 Å². The van der Waals surface area contributed by atoms with Crippen molar-refractivity contribution in [2.24, 2.45) is 0 Å². The van der Waals surface area contributed by atoms with Crippen molar-refractivity contribution in [3.63, 3.8) is 0 Å². The van der Waals surface area contributed by atoms with Gasteiger partial charge in [-0.15, -0.1) is 0 Å². The maximum Gasteiger partial charge on any atom is 0.224 e. The highest BCUT2D eigenvalue weighted by Gasteiger charge is 2.34. The van der Waals surface area contributed by atoms with E-state index in [2.05, 4.69) is 21.2 Å². The number of rotatable bonds is 5. The Labute approximate surface area is 127 Å². The Morgan fingerprint density at radius 2 is 2.15 bits per heavy atom. The first-order chi connectivity index (χ1) is 9.58. The molecule has 20 heavy (non-hydrogen) atoms. The molecule has 1 aromatic carbocycles. The fourth-order valence-electron chi connectivity index (χ4n) is 2.70. The number of aliphatic hydroxyl groups is 1. The number of benzene rings is 1. The minimum Gasteiger partial charge on any atom is -0.497 e. The molecule has 2 N–H and O–H groups in total. The Hall–Kier alpha value is -1.07. The quantitative estimate of drug-likeness (QED) is 0.864. The van der Waals surface area contributed by atoms with Crippen LogP contribution in [-0.4, -0.2) is 30.3 Å². The zero-order valence-corrected chi connectivity index (χ0v) is 13.2. The van der Waals surface area contributed by atoms with Crippen molar-refractivity contribution in [1.29, 1.82) is 0 Å². The van der Waals surface area contributed by atoms with E-state index < -0.39 is 5.54 Å². The Kier molecular flexibility index (Phi) is 5.05. The largest absolute Gasteiger partial charge is 0.497 e. The summed E-state index contributed by atoms with van der Waals surface area (Å²) in [7, 11) is 1.60. The molecule has 0 unspecified atom stereocenters. The molecule has 0 atom stereocenters. The molecule has 0 aromatic heterocycles. The molecule has 1 amide bonds.